The summed E-state index contributed by atoms with van der Waals surface area (Å²) in [5, 5.41) is 17.7. The minimum atomic E-state index is -0.763. The summed E-state index contributed by atoms with van der Waals surface area (Å²) in [4.78, 5) is 3.97. The molecule has 0 aliphatic heterocycles. The van der Waals surface area contributed by atoms with E-state index in [1.807, 2.05) is 0 Å². The normalized spacial score (nSPS) is 15.4. The highest BCUT2D eigenvalue weighted by Gasteiger charge is 2.19. The van der Waals surface area contributed by atoms with Crippen molar-refractivity contribution in [2.24, 2.45) is 5.73 Å². The van der Waals surface area contributed by atoms with Crippen LogP contribution < -0.4 is 5.73 Å². The highest BCUT2D eigenvalue weighted by molar-refractivity contribution is 5.21. The third-order valence-electron chi connectivity index (χ3n) is 1.97. The third kappa shape index (κ3) is 2.24. The number of pyridine rings is 1. The summed E-state index contributed by atoms with van der Waals surface area (Å²) in [5.41, 5.74) is 6.36. The number of aliphatic hydroxyl groups excluding tert-OH is 2. The molecule has 1 aromatic rings. The van der Waals surface area contributed by atoms with Crippen molar-refractivity contribution in [3.05, 3.63) is 29.6 Å². The molecule has 72 valence electrons. The van der Waals surface area contributed by atoms with Crippen LogP contribution in [-0.2, 0) is 12.1 Å². The van der Waals surface area contributed by atoms with Gasteiger partial charge in [0.2, 0.25) is 0 Å². The van der Waals surface area contributed by atoms with Crippen LogP contribution in [-0.4, -0.2) is 21.8 Å². The van der Waals surface area contributed by atoms with Crippen molar-refractivity contribution in [2.45, 2.75) is 19.1 Å². The van der Waals surface area contributed by atoms with Gasteiger partial charge in [0.1, 0.15) is 0 Å². The fourth-order valence-corrected chi connectivity index (χ4v) is 0.947. The van der Waals surface area contributed by atoms with Gasteiger partial charge in [0, 0.05) is 6.20 Å². The van der Waals surface area contributed by atoms with E-state index in [2.05, 4.69) is 4.98 Å². The van der Waals surface area contributed by atoms with Gasteiger partial charge in [-0.3, -0.25) is 4.98 Å². The second-order valence-corrected chi connectivity index (χ2v) is 3.27. The Morgan fingerprint density at radius 3 is 2.54 bits per heavy atom. The zero-order chi connectivity index (χ0) is 9.90. The van der Waals surface area contributed by atoms with E-state index in [1.54, 1.807) is 25.3 Å². The summed E-state index contributed by atoms with van der Waals surface area (Å²) >= 11 is 0. The number of aliphatic hydroxyl groups is 2. The molecule has 0 spiro atoms. The number of nitrogens with zero attached hydrogens (tertiary/aromatic N) is 1. The summed E-state index contributed by atoms with van der Waals surface area (Å²) in [5.74, 6) is 0. The Bertz CT molecular complexity index is 269. The summed E-state index contributed by atoms with van der Waals surface area (Å²) in [6.07, 6.45) is 1.57. The van der Waals surface area contributed by atoms with E-state index in [0.29, 0.717) is 5.69 Å². The van der Waals surface area contributed by atoms with Crippen LogP contribution in [0.25, 0.3) is 0 Å². The Labute approximate surface area is 77.0 Å². The molecule has 0 fully saturated rings. The van der Waals surface area contributed by atoms with Gasteiger partial charge in [0.25, 0.3) is 0 Å². The van der Waals surface area contributed by atoms with Crippen molar-refractivity contribution in [3.63, 3.8) is 0 Å². The molecule has 1 rings (SSSR count). The molecule has 0 saturated carbocycles. The summed E-state index contributed by atoms with van der Waals surface area (Å²) in [7, 11) is 0. The number of nitrogens with two attached hydrogens (primary N) is 1. The van der Waals surface area contributed by atoms with E-state index in [1.165, 1.54) is 0 Å². The van der Waals surface area contributed by atoms with Gasteiger partial charge < -0.3 is 15.9 Å². The van der Waals surface area contributed by atoms with Crippen molar-refractivity contribution >= 4 is 0 Å². The summed E-state index contributed by atoms with van der Waals surface area (Å²) < 4.78 is 0. The highest BCUT2D eigenvalue weighted by Crippen LogP contribution is 2.15. The molecule has 0 aliphatic rings. The number of hydrogen-bond donors (Lipinski definition) is 3. The molecule has 0 amide bonds. The Morgan fingerprint density at radius 2 is 2.15 bits per heavy atom. The fraction of sp³-hybridized carbons (Fsp3) is 0.444. The van der Waals surface area contributed by atoms with E-state index in [-0.39, 0.29) is 13.2 Å². The largest absolute Gasteiger partial charge is 0.394 e. The monoisotopic (exact) mass is 182 g/mol. The molecule has 0 aromatic carbocycles. The molecule has 1 atom stereocenters. The van der Waals surface area contributed by atoms with Crippen LogP contribution in [0.5, 0.6) is 0 Å². The van der Waals surface area contributed by atoms with E-state index < -0.39 is 5.54 Å². The first-order chi connectivity index (χ1) is 6.10. The first-order valence-corrected chi connectivity index (χ1v) is 4.06. The van der Waals surface area contributed by atoms with Crippen molar-refractivity contribution in [3.8, 4) is 0 Å². The molecular weight excluding hydrogens is 168 g/mol. The van der Waals surface area contributed by atoms with Crippen LogP contribution in [0.1, 0.15) is 18.2 Å². The van der Waals surface area contributed by atoms with Crippen LogP contribution in [0.4, 0.5) is 0 Å². The second-order valence-electron chi connectivity index (χ2n) is 3.27. The molecular formula is C9H14N2O2. The van der Waals surface area contributed by atoms with Gasteiger partial charge in [-0.05, 0) is 18.6 Å². The third-order valence-corrected chi connectivity index (χ3v) is 1.97. The lowest BCUT2D eigenvalue weighted by Crippen LogP contribution is -2.37. The van der Waals surface area contributed by atoms with Crippen LogP contribution >= 0.6 is 0 Å². The van der Waals surface area contributed by atoms with Gasteiger partial charge in [-0.1, -0.05) is 6.07 Å². The predicted octanol–water partition coefficient (Wildman–Crippen LogP) is -0.260. The van der Waals surface area contributed by atoms with Crippen molar-refractivity contribution in [2.75, 3.05) is 6.61 Å². The first kappa shape index (κ1) is 10.1. The van der Waals surface area contributed by atoms with Crippen molar-refractivity contribution in [1.29, 1.82) is 0 Å². The Balaban J connectivity index is 2.92. The SMILES string of the molecule is CC(N)(CO)c1ccc(CO)nc1. The lowest BCUT2D eigenvalue weighted by atomic mass is 9.96. The minimum absolute atomic E-state index is 0.0826. The van der Waals surface area contributed by atoms with Crippen molar-refractivity contribution in [1.82, 2.24) is 4.98 Å². The quantitative estimate of drug-likeness (QED) is 0.601. The summed E-state index contributed by atoms with van der Waals surface area (Å²) in [6.45, 7) is 1.51. The van der Waals surface area contributed by atoms with E-state index in [0.717, 1.165) is 5.56 Å². The van der Waals surface area contributed by atoms with Gasteiger partial charge in [0.15, 0.2) is 0 Å². The summed E-state index contributed by atoms with van der Waals surface area (Å²) in [6, 6.07) is 3.45. The number of aromatic nitrogens is 1. The Kier molecular flexibility index (Phi) is 2.98. The number of hydrogen-bond acceptors (Lipinski definition) is 4. The fourth-order valence-electron chi connectivity index (χ4n) is 0.947. The molecule has 4 heteroatoms. The van der Waals surface area contributed by atoms with E-state index >= 15 is 0 Å². The average Bonchev–Trinajstić information content (AvgIpc) is 2.18. The maximum atomic E-state index is 8.97. The topological polar surface area (TPSA) is 79.4 Å². The lowest BCUT2D eigenvalue weighted by molar-refractivity contribution is 0.209. The molecule has 0 bridgehead atoms. The van der Waals surface area contributed by atoms with Gasteiger partial charge in [-0.15, -0.1) is 0 Å². The number of rotatable bonds is 3. The molecule has 1 unspecified atom stereocenters. The standard InChI is InChI=1S/C9H14N2O2/c1-9(10,6-13)7-2-3-8(5-12)11-4-7/h2-4,12-13H,5-6,10H2,1H3. The molecule has 0 radical (unpaired) electrons. The maximum absolute atomic E-state index is 8.97. The molecule has 0 aliphatic carbocycles. The highest BCUT2D eigenvalue weighted by atomic mass is 16.3. The molecule has 4 nitrogen and oxygen atoms in total. The van der Waals surface area contributed by atoms with E-state index in [9.17, 15) is 0 Å². The second kappa shape index (κ2) is 3.83. The zero-order valence-corrected chi connectivity index (χ0v) is 7.57. The predicted molar refractivity (Wildman–Crippen MR) is 48.8 cm³/mol. The van der Waals surface area contributed by atoms with Crippen LogP contribution in [0.15, 0.2) is 18.3 Å². The molecule has 1 aromatic heterocycles. The van der Waals surface area contributed by atoms with Crippen LogP contribution in [0, 0.1) is 0 Å². The molecule has 0 saturated heterocycles. The van der Waals surface area contributed by atoms with Gasteiger partial charge in [0.05, 0.1) is 24.4 Å². The minimum Gasteiger partial charge on any atom is -0.394 e. The van der Waals surface area contributed by atoms with E-state index in [4.69, 9.17) is 15.9 Å². The molecule has 4 N–H and O–H groups in total. The first-order valence-electron chi connectivity index (χ1n) is 4.06. The van der Waals surface area contributed by atoms with Gasteiger partial charge in [-0.25, -0.2) is 0 Å². The maximum Gasteiger partial charge on any atom is 0.0852 e. The molecule has 1 heterocycles. The Morgan fingerprint density at radius 1 is 1.46 bits per heavy atom. The lowest BCUT2D eigenvalue weighted by Gasteiger charge is -2.21. The Hall–Kier alpha value is -0.970. The van der Waals surface area contributed by atoms with Crippen LogP contribution in [0.3, 0.4) is 0 Å². The average molecular weight is 182 g/mol. The van der Waals surface area contributed by atoms with Crippen LogP contribution in [0.2, 0.25) is 0 Å². The van der Waals surface area contributed by atoms with Gasteiger partial charge >= 0.3 is 0 Å². The van der Waals surface area contributed by atoms with Gasteiger partial charge in [-0.2, -0.15) is 0 Å². The smallest absolute Gasteiger partial charge is 0.0852 e. The van der Waals surface area contributed by atoms with Crippen molar-refractivity contribution < 1.29 is 10.2 Å². The zero-order valence-electron chi connectivity index (χ0n) is 7.57. The molecule has 13 heavy (non-hydrogen) atoms.